The molecule has 122 valence electrons. The Bertz CT molecular complexity index is 625. The lowest BCUT2D eigenvalue weighted by Gasteiger charge is -2.17. The second-order valence-corrected chi connectivity index (χ2v) is 7.51. The van der Waals surface area contributed by atoms with Gasteiger partial charge < -0.3 is 5.32 Å². The maximum Gasteiger partial charge on any atom is 0.252 e. The van der Waals surface area contributed by atoms with Crippen LogP contribution in [0.3, 0.4) is 0 Å². The zero-order chi connectivity index (χ0) is 16.7. The fourth-order valence-electron chi connectivity index (χ4n) is 2.55. The molecule has 3 heteroatoms. The summed E-state index contributed by atoms with van der Waals surface area (Å²) < 4.78 is 0. The van der Waals surface area contributed by atoms with Crippen molar-refractivity contribution in [3.05, 3.63) is 65.7 Å². The molecule has 0 spiro atoms. The van der Waals surface area contributed by atoms with Crippen LogP contribution in [0.4, 0.5) is 0 Å². The van der Waals surface area contributed by atoms with E-state index in [2.05, 4.69) is 38.2 Å². The Labute approximate surface area is 143 Å². The number of hydrogen-bond acceptors (Lipinski definition) is 2. The monoisotopic (exact) mass is 327 g/mol. The predicted molar refractivity (Wildman–Crippen MR) is 99.2 cm³/mol. The van der Waals surface area contributed by atoms with Crippen LogP contribution in [-0.4, -0.2) is 17.7 Å². The number of hydrogen-bond donors (Lipinski definition) is 1. The molecule has 2 rings (SSSR count). The van der Waals surface area contributed by atoms with Crippen LogP contribution >= 0.6 is 11.8 Å². The summed E-state index contributed by atoms with van der Waals surface area (Å²) in [5.41, 5.74) is 2.05. The molecular weight excluding hydrogens is 302 g/mol. The van der Waals surface area contributed by atoms with Gasteiger partial charge in [0.05, 0.1) is 5.56 Å². The Morgan fingerprint density at radius 1 is 1.04 bits per heavy atom. The average molecular weight is 327 g/mol. The van der Waals surface area contributed by atoms with Crippen molar-refractivity contribution in [3.63, 3.8) is 0 Å². The molecule has 0 aliphatic carbocycles. The fraction of sp³-hybridized carbons (Fsp3) is 0.350. The number of carbonyl (C=O) groups excluding carboxylic acids is 1. The highest BCUT2D eigenvalue weighted by atomic mass is 32.2. The van der Waals surface area contributed by atoms with Crippen molar-refractivity contribution >= 4 is 17.7 Å². The minimum Gasteiger partial charge on any atom is -0.351 e. The van der Waals surface area contributed by atoms with E-state index >= 15 is 0 Å². The highest BCUT2D eigenvalue weighted by molar-refractivity contribution is 8.00. The van der Waals surface area contributed by atoms with Crippen molar-refractivity contribution in [2.75, 3.05) is 6.54 Å². The Balaban J connectivity index is 2.04. The van der Waals surface area contributed by atoms with Gasteiger partial charge in [-0.1, -0.05) is 63.2 Å². The summed E-state index contributed by atoms with van der Waals surface area (Å²) in [6.07, 6.45) is 1.01. The van der Waals surface area contributed by atoms with E-state index < -0.39 is 0 Å². The van der Waals surface area contributed by atoms with E-state index in [1.165, 1.54) is 5.56 Å². The number of nitrogens with one attached hydrogen (secondary N) is 1. The molecule has 0 radical (unpaired) electrons. The molecule has 2 aromatic carbocycles. The van der Waals surface area contributed by atoms with Crippen molar-refractivity contribution < 1.29 is 4.79 Å². The van der Waals surface area contributed by atoms with Crippen LogP contribution in [0.25, 0.3) is 0 Å². The van der Waals surface area contributed by atoms with E-state index in [1.54, 1.807) is 11.8 Å². The predicted octanol–water partition coefficient (Wildman–Crippen LogP) is 5.11. The highest BCUT2D eigenvalue weighted by Gasteiger charge is 2.15. The normalized spacial score (nSPS) is 12.2. The average Bonchev–Trinajstić information content (AvgIpc) is 2.56. The molecule has 0 saturated heterocycles. The second kappa shape index (κ2) is 8.78. The Kier molecular flexibility index (Phi) is 6.72. The minimum atomic E-state index is 0.0168. The van der Waals surface area contributed by atoms with Gasteiger partial charge in [-0.2, -0.15) is 0 Å². The summed E-state index contributed by atoms with van der Waals surface area (Å²) in [7, 11) is 0. The lowest BCUT2D eigenvalue weighted by Crippen LogP contribution is -2.28. The number of thioether (sulfide) groups is 1. The van der Waals surface area contributed by atoms with Gasteiger partial charge in [-0.05, 0) is 24.1 Å². The molecule has 0 fully saturated rings. The summed E-state index contributed by atoms with van der Waals surface area (Å²) in [5.74, 6) is 0.369. The van der Waals surface area contributed by atoms with Gasteiger partial charge in [0.2, 0.25) is 0 Å². The van der Waals surface area contributed by atoms with Gasteiger partial charge in [0, 0.05) is 22.6 Å². The lowest BCUT2D eigenvalue weighted by molar-refractivity contribution is 0.0948. The molecule has 0 saturated carbocycles. The largest absolute Gasteiger partial charge is 0.351 e. The van der Waals surface area contributed by atoms with E-state index in [0.717, 1.165) is 16.9 Å². The first kappa shape index (κ1) is 17.6. The van der Waals surface area contributed by atoms with Crippen molar-refractivity contribution in [2.24, 2.45) is 0 Å². The number of benzene rings is 2. The second-order valence-electron chi connectivity index (χ2n) is 5.89. The van der Waals surface area contributed by atoms with Crippen LogP contribution in [0.5, 0.6) is 0 Å². The molecule has 0 aromatic heterocycles. The Morgan fingerprint density at radius 3 is 2.35 bits per heavy atom. The van der Waals surface area contributed by atoms with Gasteiger partial charge in [-0.25, -0.2) is 0 Å². The van der Waals surface area contributed by atoms with Crippen LogP contribution < -0.4 is 5.32 Å². The SMILES string of the molecule is CCC(CNC(=O)c1ccccc1SC(C)C)c1ccccc1. The third-order valence-electron chi connectivity index (χ3n) is 3.77. The minimum absolute atomic E-state index is 0.0168. The van der Waals surface area contributed by atoms with Crippen molar-refractivity contribution in [1.82, 2.24) is 5.32 Å². The molecule has 2 nitrogen and oxygen atoms in total. The van der Waals surface area contributed by atoms with Crippen LogP contribution in [0.15, 0.2) is 59.5 Å². The Morgan fingerprint density at radius 2 is 1.70 bits per heavy atom. The molecule has 0 heterocycles. The molecule has 1 N–H and O–H groups in total. The molecule has 0 aliphatic rings. The molecule has 0 bridgehead atoms. The van der Waals surface area contributed by atoms with Gasteiger partial charge in [0.25, 0.3) is 5.91 Å². The molecular formula is C20H25NOS. The zero-order valence-electron chi connectivity index (χ0n) is 14.1. The molecule has 1 atom stereocenters. The summed E-state index contributed by atoms with van der Waals surface area (Å²) in [6.45, 7) is 7.11. The summed E-state index contributed by atoms with van der Waals surface area (Å²) in [4.78, 5) is 13.6. The fourth-order valence-corrected chi connectivity index (χ4v) is 3.50. The topological polar surface area (TPSA) is 29.1 Å². The maximum atomic E-state index is 12.6. The van der Waals surface area contributed by atoms with Crippen LogP contribution in [0.2, 0.25) is 0 Å². The first-order valence-electron chi connectivity index (χ1n) is 8.20. The molecule has 23 heavy (non-hydrogen) atoms. The van der Waals surface area contributed by atoms with Gasteiger partial charge in [-0.3, -0.25) is 4.79 Å². The first-order chi connectivity index (χ1) is 11.1. The number of rotatable bonds is 7. The third kappa shape index (κ3) is 5.14. The smallest absolute Gasteiger partial charge is 0.252 e. The first-order valence-corrected chi connectivity index (χ1v) is 9.08. The van der Waals surface area contributed by atoms with Gasteiger partial charge in [-0.15, -0.1) is 11.8 Å². The van der Waals surface area contributed by atoms with Crippen molar-refractivity contribution in [2.45, 2.75) is 43.3 Å². The summed E-state index contributed by atoms with van der Waals surface area (Å²) in [6, 6.07) is 18.2. The van der Waals surface area contributed by atoms with E-state index in [4.69, 9.17) is 0 Å². The molecule has 0 aliphatic heterocycles. The van der Waals surface area contributed by atoms with Crippen LogP contribution in [0.1, 0.15) is 49.0 Å². The molecule has 1 amide bonds. The van der Waals surface area contributed by atoms with Crippen molar-refractivity contribution in [1.29, 1.82) is 0 Å². The maximum absolute atomic E-state index is 12.6. The van der Waals surface area contributed by atoms with E-state index in [0.29, 0.717) is 17.7 Å². The van der Waals surface area contributed by atoms with Gasteiger partial charge >= 0.3 is 0 Å². The standard InChI is InChI=1S/C20H25NOS/c1-4-16(17-10-6-5-7-11-17)14-21-20(22)18-12-8-9-13-19(18)23-15(2)3/h5-13,15-16H,4,14H2,1-3H3,(H,21,22). The molecule has 1 unspecified atom stereocenters. The summed E-state index contributed by atoms with van der Waals surface area (Å²) >= 11 is 1.73. The van der Waals surface area contributed by atoms with Gasteiger partial charge in [0.15, 0.2) is 0 Å². The number of amides is 1. The van der Waals surface area contributed by atoms with E-state index in [-0.39, 0.29) is 5.91 Å². The van der Waals surface area contributed by atoms with Crippen molar-refractivity contribution in [3.8, 4) is 0 Å². The van der Waals surface area contributed by atoms with E-state index in [9.17, 15) is 4.79 Å². The zero-order valence-corrected chi connectivity index (χ0v) is 14.9. The quantitative estimate of drug-likeness (QED) is 0.716. The molecule has 2 aromatic rings. The van der Waals surface area contributed by atoms with Gasteiger partial charge in [0.1, 0.15) is 0 Å². The number of carbonyl (C=O) groups is 1. The third-order valence-corrected chi connectivity index (χ3v) is 4.85. The highest BCUT2D eigenvalue weighted by Crippen LogP contribution is 2.26. The lowest BCUT2D eigenvalue weighted by atomic mass is 9.96. The van der Waals surface area contributed by atoms with Crippen LogP contribution in [0, 0.1) is 0 Å². The van der Waals surface area contributed by atoms with E-state index in [1.807, 2.05) is 42.5 Å². The summed E-state index contributed by atoms with van der Waals surface area (Å²) in [5, 5.41) is 3.57. The van der Waals surface area contributed by atoms with Crippen LogP contribution in [-0.2, 0) is 0 Å². The Hall–Kier alpha value is -1.74.